The molecule has 0 bridgehead atoms. The van der Waals surface area contributed by atoms with Crippen LogP contribution in [0.2, 0.25) is 0 Å². The average Bonchev–Trinajstić information content (AvgIpc) is 2.82. The van der Waals surface area contributed by atoms with Crippen LogP contribution in [0.3, 0.4) is 0 Å². The highest BCUT2D eigenvalue weighted by Gasteiger charge is 2.12. The Labute approximate surface area is 107 Å². The molecule has 3 heteroatoms. The van der Waals surface area contributed by atoms with Gasteiger partial charge in [-0.05, 0) is 46.1 Å². The Hall–Kier alpha value is -0.830. The molecular formula is C14H31NO2. The van der Waals surface area contributed by atoms with E-state index in [4.69, 9.17) is 9.90 Å². The van der Waals surface area contributed by atoms with Crippen molar-refractivity contribution < 1.29 is 9.90 Å². The molecule has 1 aliphatic heterocycles. The molecule has 0 spiro atoms. The zero-order valence-electron chi connectivity index (χ0n) is 11.1. The van der Waals surface area contributed by atoms with Crippen LogP contribution in [0.15, 0.2) is 11.6 Å². The molecule has 0 radical (unpaired) electrons. The summed E-state index contributed by atoms with van der Waals surface area (Å²) in [4.78, 5) is 8.36. The number of hydrogen-bond donors (Lipinski definition) is 2. The molecule has 1 fully saturated rings. The third-order valence-electron chi connectivity index (χ3n) is 2.54. The second kappa shape index (κ2) is 17.6. The minimum atomic E-state index is -0.250. The van der Waals surface area contributed by atoms with Gasteiger partial charge in [0.15, 0.2) is 0 Å². The standard InChI is InChI=1S/C10H19N.C2H6.CH2O2.CH4/c1-3-9(2)6-7-10-5-4-8-11-10;1-2;2-1-3;/h3,10-11H,4-8H2,1-2H3;1-2H3;1H,(H,2,3);1H4/b9-3-;;;. The molecule has 104 valence electrons. The van der Waals surface area contributed by atoms with E-state index in [1.807, 2.05) is 13.8 Å². The molecule has 17 heavy (non-hydrogen) atoms. The Morgan fingerprint density at radius 1 is 1.47 bits per heavy atom. The summed E-state index contributed by atoms with van der Waals surface area (Å²) >= 11 is 0. The van der Waals surface area contributed by atoms with E-state index < -0.39 is 0 Å². The lowest BCUT2D eigenvalue weighted by Gasteiger charge is -2.08. The van der Waals surface area contributed by atoms with Gasteiger partial charge < -0.3 is 10.4 Å². The van der Waals surface area contributed by atoms with Gasteiger partial charge >= 0.3 is 0 Å². The number of carboxylic acid groups (broad SMARTS) is 1. The zero-order valence-corrected chi connectivity index (χ0v) is 11.1. The van der Waals surface area contributed by atoms with Gasteiger partial charge in [0.1, 0.15) is 0 Å². The molecule has 1 atom stereocenters. The van der Waals surface area contributed by atoms with Crippen LogP contribution in [0.4, 0.5) is 0 Å². The van der Waals surface area contributed by atoms with Crippen LogP contribution >= 0.6 is 0 Å². The quantitative estimate of drug-likeness (QED) is 0.586. The van der Waals surface area contributed by atoms with Crippen LogP contribution in [0.1, 0.15) is 60.8 Å². The lowest BCUT2D eigenvalue weighted by molar-refractivity contribution is -0.122. The first kappa shape index (κ1) is 21.5. The molecule has 0 aromatic rings. The van der Waals surface area contributed by atoms with Gasteiger partial charge in [-0.3, -0.25) is 4.79 Å². The van der Waals surface area contributed by atoms with Crippen molar-refractivity contribution in [3.8, 4) is 0 Å². The van der Waals surface area contributed by atoms with Crippen molar-refractivity contribution in [1.29, 1.82) is 0 Å². The second-order valence-electron chi connectivity index (χ2n) is 3.57. The molecule has 0 aliphatic carbocycles. The Balaban J connectivity index is -0.000000286. The highest BCUT2D eigenvalue weighted by molar-refractivity contribution is 5.32. The van der Waals surface area contributed by atoms with Crippen molar-refractivity contribution >= 4 is 6.47 Å². The fourth-order valence-electron chi connectivity index (χ4n) is 1.55. The third-order valence-corrected chi connectivity index (χ3v) is 2.54. The zero-order chi connectivity index (χ0) is 12.8. The first-order chi connectivity index (χ1) is 7.74. The SMILES string of the molecule is C.C/C=C(/C)CCC1CCCN1.CC.O=CO. The Morgan fingerprint density at radius 2 is 2.00 bits per heavy atom. The van der Waals surface area contributed by atoms with Crippen molar-refractivity contribution in [2.24, 2.45) is 0 Å². The number of carbonyl (C=O) groups is 1. The van der Waals surface area contributed by atoms with Gasteiger partial charge in [-0.15, -0.1) is 0 Å². The molecule has 1 saturated heterocycles. The predicted molar refractivity (Wildman–Crippen MR) is 76.5 cm³/mol. The molecule has 0 amide bonds. The van der Waals surface area contributed by atoms with Crippen molar-refractivity contribution in [2.45, 2.75) is 66.8 Å². The maximum Gasteiger partial charge on any atom is 0.290 e. The summed E-state index contributed by atoms with van der Waals surface area (Å²) in [7, 11) is 0. The minimum Gasteiger partial charge on any atom is -0.483 e. The van der Waals surface area contributed by atoms with E-state index in [-0.39, 0.29) is 13.9 Å². The molecule has 2 N–H and O–H groups in total. The molecule has 1 aliphatic rings. The van der Waals surface area contributed by atoms with Crippen molar-refractivity contribution in [3.63, 3.8) is 0 Å². The summed E-state index contributed by atoms with van der Waals surface area (Å²) in [6, 6.07) is 0.810. The summed E-state index contributed by atoms with van der Waals surface area (Å²) in [6.45, 7) is 9.33. The van der Waals surface area contributed by atoms with E-state index in [0.29, 0.717) is 0 Å². The Kier molecular flexibility index (Phi) is 22.2. The smallest absolute Gasteiger partial charge is 0.290 e. The topological polar surface area (TPSA) is 49.3 Å². The molecule has 0 saturated carbocycles. The summed E-state index contributed by atoms with van der Waals surface area (Å²) in [5.41, 5.74) is 1.53. The predicted octanol–water partition coefficient (Wildman–Crippen LogP) is 3.85. The van der Waals surface area contributed by atoms with E-state index in [0.717, 1.165) is 6.04 Å². The van der Waals surface area contributed by atoms with Crippen LogP contribution in [-0.4, -0.2) is 24.2 Å². The van der Waals surface area contributed by atoms with Gasteiger partial charge in [-0.25, -0.2) is 0 Å². The minimum absolute atomic E-state index is 0. The van der Waals surface area contributed by atoms with Crippen molar-refractivity contribution in [1.82, 2.24) is 5.32 Å². The van der Waals surface area contributed by atoms with E-state index in [2.05, 4.69) is 25.2 Å². The molecule has 1 unspecified atom stereocenters. The molecule has 3 nitrogen and oxygen atoms in total. The van der Waals surface area contributed by atoms with Crippen molar-refractivity contribution in [2.75, 3.05) is 6.54 Å². The highest BCUT2D eigenvalue weighted by atomic mass is 16.3. The molecule has 0 aromatic heterocycles. The monoisotopic (exact) mass is 245 g/mol. The fourth-order valence-corrected chi connectivity index (χ4v) is 1.55. The second-order valence-corrected chi connectivity index (χ2v) is 3.57. The van der Waals surface area contributed by atoms with Crippen molar-refractivity contribution in [3.05, 3.63) is 11.6 Å². The fraction of sp³-hybridized carbons (Fsp3) is 0.786. The maximum absolute atomic E-state index is 8.36. The third kappa shape index (κ3) is 15.2. The van der Waals surface area contributed by atoms with E-state index in [1.54, 1.807) is 0 Å². The van der Waals surface area contributed by atoms with Crippen LogP contribution in [0.5, 0.6) is 0 Å². The normalized spacial score (nSPS) is 17.9. The van der Waals surface area contributed by atoms with Crippen LogP contribution < -0.4 is 5.32 Å². The number of hydrogen-bond acceptors (Lipinski definition) is 2. The lowest BCUT2D eigenvalue weighted by Crippen LogP contribution is -2.20. The number of rotatable bonds is 3. The van der Waals surface area contributed by atoms with E-state index >= 15 is 0 Å². The first-order valence-corrected chi connectivity index (χ1v) is 6.17. The summed E-state index contributed by atoms with van der Waals surface area (Å²) in [5.74, 6) is 0. The Morgan fingerprint density at radius 3 is 2.35 bits per heavy atom. The average molecular weight is 245 g/mol. The summed E-state index contributed by atoms with van der Waals surface area (Å²) in [5, 5.41) is 10.4. The molecule has 1 rings (SSSR count). The highest BCUT2D eigenvalue weighted by Crippen LogP contribution is 2.13. The molecular weight excluding hydrogens is 214 g/mol. The molecule has 1 heterocycles. The van der Waals surface area contributed by atoms with Gasteiger partial charge in [0.25, 0.3) is 6.47 Å². The largest absolute Gasteiger partial charge is 0.483 e. The number of nitrogens with one attached hydrogen (secondary N) is 1. The van der Waals surface area contributed by atoms with Gasteiger partial charge in [0, 0.05) is 6.04 Å². The lowest BCUT2D eigenvalue weighted by atomic mass is 10.1. The van der Waals surface area contributed by atoms with Crippen LogP contribution in [0.25, 0.3) is 0 Å². The summed E-state index contributed by atoms with van der Waals surface area (Å²) < 4.78 is 0. The van der Waals surface area contributed by atoms with Gasteiger partial charge in [0.2, 0.25) is 0 Å². The first-order valence-electron chi connectivity index (χ1n) is 6.17. The summed E-state index contributed by atoms with van der Waals surface area (Å²) in [6.07, 6.45) is 7.58. The van der Waals surface area contributed by atoms with Gasteiger partial charge in [-0.1, -0.05) is 32.9 Å². The Bertz CT molecular complexity index is 173. The maximum atomic E-state index is 8.36. The van der Waals surface area contributed by atoms with E-state index in [1.165, 1.54) is 37.8 Å². The van der Waals surface area contributed by atoms with Gasteiger partial charge in [0.05, 0.1) is 0 Å². The van der Waals surface area contributed by atoms with Crippen LogP contribution in [-0.2, 0) is 4.79 Å². The van der Waals surface area contributed by atoms with Crippen LogP contribution in [0, 0.1) is 0 Å². The van der Waals surface area contributed by atoms with Gasteiger partial charge in [-0.2, -0.15) is 0 Å². The van der Waals surface area contributed by atoms with E-state index in [9.17, 15) is 0 Å². The number of allylic oxidation sites excluding steroid dienone is 2. The molecule has 0 aromatic carbocycles.